The van der Waals surface area contributed by atoms with Gasteiger partial charge in [0.15, 0.2) is 6.61 Å². The highest BCUT2D eigenvalue weighted by Gasteiger charge is 2.32. The molecule has 0 heterocycles. The molecule has 0 radical (unpaired) electrons. The number of benzene rings is 2. The van der Waals surface area contributed by atoms with E-state index in [2.05, 4.69) is 4.74 Å². The van der Waals surface area contributed by atoms with Gasteiger partial charge >= 0.3 is 5.97 Å². The summed E-state index contributed by atoms with van der Waals surface area (Å²) in [5.74, 6) is 0.130. The van der Waals surface area contributed by atoms with Gasteiger partial charge in [-0.15, -0.1) is 0 Å². The highest BCUT2D eigenvalue weighted by molar-refractivity contribution is 5.89. The molecule has 0 N–H and O–H groups in total. The van der Waals surface area contributed by atoms with Crippen LogP contribution in [0.5, 0.6) is 5.75 Å². The van der Waals surface area contributed by atoms with Crippen molar-refractivity contribution in [2.45, 2.75) is 25.4 Å². The predicted molar refractivity (Wildman–Crippen MR) is 93.3 cm³/mol. The van der Waals surface area contributed by atoms with Crippen molar-refractivity contribution in [3.05, 3.63) is 65.7 Å². The highest BCUT2D eigenvalue weighted by Crippen LogP contribution is 2.28. The van der Waals surface area contributed by atoms with Gasteiger partial charge in [-0.2, -0.15) is 0 Å². The summed E-state index contributed by atoms with van der Waals surface area (Å²) in [6.45, 7) is 0.593. The second kappa shape index (κ2) is 7.83. The van der Waals surface area contributed by atoms with E-state index in [0.717, 1.165) is 18.4 Å². The molecule has 1 aliphatic carbocycles. The van der Waals surface area contributed by atoms with Gasteiger partial charge in [0.25, 0.3) is 5.91 Å². The van der Waals surface area contributed by atoms with Gasteiger partial charge in [-0.05, 0) is 42.7 Å². The van der Waals surface area contributed by atoms with Crippen molar-refractivity contribution in [1.82, 2.24) is 4.90 Å². The van der Waals surface area contributed by atoms with E-state index in [0.29, 0.717) is 23.9 Å². The van der Waals surface area contributed by atoms with E-state index in [9.17, 15) is 9.59 Å². The van der Waals surface area contributed by atoms with Crippen LogP contribution in [0.2, 0.25) is 0 Å². The van der Waals surface area contributed by atoms with Crippen molar-refractivity contribution in [3.8, 4) is 5.75 Å². The minimum absolute atomic E-state index is 0.0130. The van der Waals surface area contributed by atoms with Gasteiger partial charge < -0.3 is 14.4 Å². The molecule has 1 aliphatic rings. The van der Waals surface area contributed by atoms with E-state index < -0.39 is 5.97 Å². The Morgan fingerprint density at radius 3 is 2.32 bits per heavy atom. The maximum atomic E-state index is 12.6. The summed E-state index contributed by atoms with van der Waals surface area (Å²) in [7, 11) is 1.34. The molecule has 0 bridgehead atoms. The number of amides is 1. The molecule has 0 unspecified atom stereocenters. The Labute approximate surface area is 147 Å². The molecular formula is C20H21NO4. The Morgan fingerprint density at radius 2 is 1.72 bits per heavy atom. The molecule has 1 fully saturated rings. The molecule has 2 aromatic rings. The largest absolute Gasteiger partial charge is 0.484 e. The third kappa shape index (κ3) is 4.59. The van der Waals surface area contributed by atoms with Crippen LogP contribution < -0.4 is 4.74 Å². The van der Waals surface area contributed by atoms with Gasteiger partial charge in [-0.3, -0.25) is 4.79 Å². The fourth-order valence-corrected chi connectivity index (χ4v) is 2.62. The van der Waals surface area contributed by atoms with Gasteiger partial charge in [0, 0.05) is 12.6 Å². The summed E-state index contributed by atoms with van der Waals surface area (Å²) in [5.41, 5.74) is 1.56. The predicted octanol–water partition coefficient (Wildman–Crippen LogP) is 3.04. The van der Waals surface area contributed by atoms with Crippen molar-refractivity contribution in [2.24, 2.45) is 0 Å². The highest BCUT2D eigenvalue weighted by atomic mass is 16.5. The molecular weight excluding hydrogens is 318 g/mol. The molecule has 0 saturated heterocycles. The molecule has 25 heavy (non-hydrogen) atoms. The van der Waals surface area contributed by atoms with E-state index in [-0.39, 0.29) is 12.5 Å². The quantitative estimate of drug-likeness (QED) is 0.728. The molecule has 0 aromatic heterocycles. The van der Waals surface area contributed by atoms with Gasteiger partial charge in [0.1, 0.15) is 5.75 Å². The number of esters is 1. The van der Waals surface area contributed by atoms with Crippen molar-refractivity contribution < 1.29 is 19.1 Å². The zero-order valence-corrected chi connectivity index (χ0v) is 14.2. The molecule has 2 aromatic carbocycles. The van der Waals surface area contributed by atoms with E-state index >= 15 is 0 Å². The summed E-state index contributed by atoms with van der Waals surface area (Å²) in [4.78, 5) is 25.8. The summed E-state index contributed by atoms with van der Waals surface area (Å²) < 4.78 is 10.2. The standard InChI is InChI=1S/C20H21NO4/c1-24-20(23)16-7-11-18(12-8-16)25-14-19(22)21(17-9-10-17)13-15-5-3-2-4-6-15/h2-8,11-12,17H,9-10,13-14H2,1H3. The zero-order valence-electron chi connectivity index (χ0n) is 14.2. The molecule has 3 rings (SSSR count). The maximum Gasteiger partial charge on any atom is 0.337 e. The number of carbonyl (C=O) groups excluding carboxylic acids is 2. The van der Waals surface area contributed by atoms with Crippen molar-refractivity contribution in [1.29, 1.82) is 0 Å². The second-order valence-corrected chi connectivity index (χ2v) is 6.04. The zero-order chi connectivity index (χ0) is 17.6. The van der Waals surface area contributed by atoms with Crippen LogP contribution in [0.25, 0.3) is 0 Å². The fourth-order valence-electron chi connectivity index (χ4n) is 2.62. The third-order valence-corrected chi connectivity index (χ3v) is 4.14. The first-order valence-electron chi connectivity index (χ1n) is 8.32. The SMILES string of the molecule is COC(=O)c1ccc(OCC(=O)N(Cc2ccccc2)C2CC2)cc1. The van der Waals surface area contributed by atoms with Crippen LogP contribution in [-0.2, 0) is 16.1 Å². The van der Waals surface area contributed by atoms with Crippen LogP contribution in [0.1, 0.15) is 28.8 Å². The van der Waals surface area contributed by atoms with Crippen molar-refractivity contribution >= 4 is 11.9 Å². The third-order valence-electron chi connectivity index (χ3n) is 4.14. The molecule has 1 amide bonds. The molecule has 0 spiro atoms. The Hall–Kier alpha value is -2.82. The second-order valence-electron chi connectivity index (χ2n) is 6.04. The average molecular weight is 339 g/mol. The van der Waals surface area contributed by atoms with Gasteiger partial charge in [0.2, 0.25) is 0 Å². The first kappa shape index (κ1) is 17.0. The van der Waals surface area contributed by atoms with Crippen LogP contribution >= 0.6 is 0 Å². The lowest BCUT2D eigenvalue weighted by molar-refractivity contribution is -0.134. The molecule has 5 heteroatoms. The summed E-state index contributed by atoms with van der Waals surface area (Å²) in [5, 5.41) is 0. The van der Waals surface area contributed by atoms with E-state index in [1.807, 2.05) is 35.2 Å². The van der Waals surface area contributed by atoms with E-state index in [1.54, 1.807) is 24.3 Å². The topological polar surface area (TPSA) is 55.8 Å². The monoisotopic (exact) mass is 339 g/mol. The fraction of sp³-hybridized carbons (Fsp3) is 0.300. The minimum atomic E-state index is -0.398. The summed E-state index contributed by atoms with van der Waals surface area (Å²) >= 11 is 0. The lowest BCUT2D eigenvalue weighted by Gasteiger charge is -2.22. The Morgan fingerprint density at radius 1 is 1.04 bits per heavy atom. The molecule has 0 aliphatic heterocycles. The lowest BCUT2D eigenvalue weighted by atomic mass is 10.2. The molecule has 130 valence electrons. The number of carbonyl (C=O) groups is 2. The Balaban J connectivity index is 1.57. The van der Waals surface area contributed by atoms with E-state index in [1.165, 1.54) is 7.11 Å². The smallest absolute Gasteiger partial charge is 0.337 e. The normalized spacial score (nSPS) is 13.2. The number of hydrogen-bond donors (Lipinski definition) is 0. The van der Waals surface area contributed by atoms with Crippen LogP contribution in [-0.4, -0.2) is 36.5 Å². The first-order chi connectivity index (χ1) is 12.2. The first-order valence-corrected chi connectivity index (χ1v) is 8.32. The van der Waals surface area contributed by atoms with Crippen LogP contribution in [0.3, 0.4) is 0 Å². The lowest BCUT2D eigenvalue weighted by Crippen LogP contribution is -2.36. The van der Waals surface area contributed by atoms with Crippen LogP contribution in [0, 0.1) is 0 Å². The summed E-state index contributed by atoms with van der Waals surface area (Å²) in [6, 6.07) is 16.9. The maximum absolute atomic E-state index is 12.6. The van der Waals surface area contributed by atoms with Gasteiger partial charge in [-0.25, -0.2) is 4.79 Å². The Bertz CT molecular complexity index is 723. The van der Waals surface area contributed by atoms with Crippen LogP contribution in [0.4, 0.5) is 0 Å². The van der Waals surface area contributed by atoms with Crippen molar-refractivity contribution in [2.75, 3.05) is 13.7 Å². The molecule has 1 saturated carbocycles. The van der Waals surface area contributed by atoms with Gasteiger partial charge in [0.05, 0.1) is 12.7 Å². The number of nitrogens with zero attached hydrogens (tertiary/aromatic N) is 1. The van der Waals surface area contributed by atoms with E-state index in [4.69, 9.17) is 4.74 Å². The number of methoxy groups -OCH3 is 1. The minimum Gasteiger partial charge on any atom is -0.484 e. The van der Waals surface area contributed by atoms with Crippen LogP contribution in [0.15, 0.2) is 54.6 Å². The van der Waals surface area contributed by atoms with Crippen molar-refractivity contribution in [3.63, 3.8) is 0 Å². The summed E-state index contributed by atoms with van der Waals surface area (Å²) in [6.07, 6.45) is 2.10. The number of rotatable bonds is 7. The molecule has 5 nitrogen and oxygen atoms in total. The van der Waals surface area contributed by atoms with Gasteiger partial charge in [-0.1, -0.05) is 30.3 Å². The average Bonchev–Trinajstić information content (AvgIpc) is 3.50. The number of ether oxygens (including phenoxy) is 2. The molecule has 0 atom stereocenters. The Kier molecular flexibility index (Phi) is 5.33. The number of hydrogen-bond acceptors (Lipinski definition) is 4.